The number of piperidine rings is 1. The van der Waals surface area contributed by atoms with Gasteiger partial charge in [-0.05, 0) is 31.2 Å². The van der Waals surface area contributed by atoms with Gasteiger partial charge in [0.1, 0.15) is 6.04 Å². The fourth-order valence-electron chi connectivity index (χ4n) is 2.33. The third kappa shape index (κ3) is 3.70. The molecular weight excluding hydrogens is 232 g/mol. The van der Waals surface area contributed by atoms with E-state index in [0.29, 0.717) is 0 Å². The van der Waals surface area contributed by atoms with E-state index in [0.717, 1.165) is 25.8 Å². The first-order valence-electron chi connectivity index (χ1n) is 6.74. The van der Waals surface area contributed by atoms with Crippen molar-refractivity contribution in [1.29, 1.82) is 0 Å². The molecule has 1 aliphatic rings. The average molecular weight is 256 g/mol. The Labute approximate surface area is 108 Å². The highest BCUT2D eigenvalue weighted by Crippen LogP contribution is 2.16. The third-order valence-electron chi connectivity index (χ3n) is 3.83. The van der Waals surface area contributed by atoms with E-state index in [-0.39, 0.29) is 23.8 Å². The van der Waals surface area contributed by atoms with Gasteiger partial charge in [-0.15, -0.1) is 0 Å². The summed E-state index contributed by atoms with van der Waals surface area (Å²) in [5, 5.41) is 15.0. The zero-order valence-corrected chi connectivity index (χ0v) is 11.4. The maximum absolute atomic E-state index is 12.1. The molecule has 0 aromatic rings. The highest BCUT2D eigenvalue weighted by atomic mass is 16.4. The minimum Gasteiger partial charge on any atom is -0.480 e. The second kappa shape index (κ2) is 6.73. The summed E-state index contributed by atoms with van der Waals surface area (Å²) in [5.74, 6) is -0.952. The quantitative estimate of drug-likeness (QED) is 0.685. The van der Waals surface area contributed by atoms with Crippen molar-refractivity contribution in [2.45, 2.75) is 52.1 Å². The number of carbonyl (C=O) groups excluding carboxylic acids is 1. The van der Waals surface area contributed by atoms with Gasteiger partial charge in [-0.2, -0.15) is 0 Å². The molecule has 0 radical (unpaired) electrons. The Balaban J connectivity index is 2.63. The van der Waals surface area contributed by atoms with Crippen molar-refractivity contribution in [3.8, 4) is 0 Å². The molecule has 0 aromatic carbocycles. The molecule has 3 N–H and O–H groups in total. The average Bonchev–Trinajstić information content (AvgIpc) is 2.35. The lowest BCUT2D eigenvalue weighted by Gasteiger charge is -2.31. The van der Waals surface area contributed by atoms with E-state index >= 15 is 0 Å². The van der Waals surface area contributed by atoms with E-state index in [9.17, 15) is 9.59 Å². The summed E-state index contributed by atoms with van der Waals surface area (Å²) in [6, 6.07) is -1.05. The normalized spacial score (nSPS) is 27.3. The van der Waals surface area contributed by atoms with Crippen LogP contribution in [0.1, 0.15) is 40.0 Å². The summed E-state index contributed by atoms with van der Waals surface area (Å²) in [6.45, 7) is 6.62. The van der Waals surface area contributed by atoms with Crippen molar-refractivity contribution in [3.05, 3.63) is 0 Å². The van der Waals surface area contributed by atoms with Crippen LogP contribution in [0.2, 0.25) is 0 Å². The molecule has 0 aliphatic carbocycles. The van der Waals surface area contributed by atoms with Gasteiger partial charge in [0.05, 0.1) is 6.04 Å². The van der Waals surface area contributed by atoms with Crippen LogP contribution < -0.4 is 10.6 Å². The van der Waals surface area contributed by atoms with Gasteiger partial charge in [0.15, 0.2) is 0 Å². The topological polar surface area (TPSA) is 78.4 Å². The molecule has 5 nitrogen and oxygen atoms in total. The van der Waals surface area contributed by atoms with Crippen LogP contribution in [0, 0.1) is 11.8 Å². The van der Waals surface area contributed by atoms with Crippen LogP contribution in [0.25, 0.3) is 0 Å². The lowest BCUT2D eigenvalue weighted by Crippen LogP contribution is -2.55. The van der Waals surface area contributed by atoms with Gasteiger partial charge in [0, 0.05) is 0 Å². The molecule has 0 spiro atoms. The van der Waals surface area contributed by atoms with Gasteiger partial charge in [0.2, 0.25) is 5.91 Å². The Morgan fingerprint density at radius 1 is 1.50 bits per heavy atom. The lowest BCUT2D eigenvalue weighted by atomic mass is 9.91. The van der Waals surface area contributed by atoms with Gasteiger partial charge in [0.25, 0.3) is 0 Å². The van der Waals surface area contributed by atoms with Crippen LogP contribution in [-0.4, -0.2) is 35.6 Å². The number of amides is 1. The van der Waals surface area contributed by atoms with Crippen LogP contribution >= 0.6 is 0 Å². The maximum Gasteiger partial charge on any atom is 0.326 e. The predicted octanol–water partition coefficient (Wildman–Crippen LogP) is 0.990. The minimum absolute atomic E-state index is 0.0645. The Bertz CT molecular complexity index is 307. The van der Waals surface area contributed by atoms with Gasteiger partial charge in [-0.1, -0.05) is 27.2 Å². The van der Waals surface area contributed by atoms with Crippen LogP contribution in [0.3, 0.4) is 0 Å². The van der Waals surface area contributed by atoms with Gasteiger partial charge < -0.3 is 15.7 Å². The van der Waals surface area contributed by atoms with Gasteiger partial charge >= 0.3 is 5.97 Å². The van der Waals surface area contributed by atoms with Crippen molar-refractivity contribution in [1.82, 2.24) is 10.6 Å². The van der Waals surface area contributed by atoms with E-state index in [2.05, 4.69) is 10.6 Å². The minimum atomic E-state index is -0.957. The first kappa shape index (κ1) is 15.0. The van der Waals surface area contributed by atoms with Crippen LogP contribution in [-0.2, 0) is 9.59 Å². The molecule has 5 heteroatoms. The first-order chi connectivity index (χ1) is 8.47. The summed E-state index contributed by atoms with van der Waals surface area (Å²) in [6.07, 6.45) is 2.80. The summed E-state index contributed by atoms with van der Waals surface area (Å²) in [4.78, 5) is 23.3. The molecule has 4 atom stereocenters. The number of hydrogen-bond acceptors (Lipinski definition) is 3. The molecule has 1 heterocycles. The Morgan fingerprint density at radius 3 is 2.67 bits per heavy atom. The van der Waals surface area contributed by atoms with Crippen LogP contribution in [0.5, 0.6) is 0 Å². The molecule has 1 saturated heterocycles. The third-order valence-corrected chi connectivity index (χ3v) is 3.83. The molecule has 0 aromatic heterocycles. The molecule has 2 unspecified atom stereocenters. The summed E-state index contributed by atoms with van der Waals surface area (Å²) in [7, 11) is 0. The SMILES string of the molecule is CC[C@H](C)[C@H](NC(=O)C1NCCCC1C)C(=O)O. The van der Waals surface area contributed by atoms with E-state index < -0.39 is 12.0 Å². The van der Waals surface area contributed by atoms with Crippen molar-refractivity contribution >= 4 is 11.9 Å². The van der Waals surface area contributed by atoms with Gasteiger partial charge in [-0.25, -0.2) is 4.79 Å². The second-order valence-electron chi connectivity index (χ2n) is 5.26. The largest absolute Gasteiger partial charge is 0.480 e. The summed E-state index contributed by atoms with van der Waals surface area (Å²) in [5.41, 5.74) is 0. The van der Waals surface area contributed by atoms with E-state index in [4.69, 9.17) is 5.11 Å². The van der Waals surface area contributed by atoms with Crippen molar-refractivity contribution in [2.24, 2.45) is 11.8 Å². The number of aliphatic carboxylic acids is 1. The predicted molar refractivity (Wildman–Crippen MR) is 69.2 cm³/mol. The number of carbonyl (C=O) groups is 2. The number of rotatable bonds is 5. The van der Waals surface area contributed by atoms with Gasteiger partial charge in [-0.3, -0.25) is 4.79 Å². The number of hydrogen-bond donors (Lipinski definition) is 3. The second-order valence-corrected chi connectivity index (χ2v) is 5.26. The number of carboxylic acids is 1. The standard InChI is InChI=1S/C13H24N2O3/c1-4-8(2)11(13(17)18)15-12(16)10-9(3)6-5-7-14-10/h8-11,14H,4-7H2,1-3H3,(H,15,16)(H,17,18)/t8-,9?,10?,11-/m0/s1. The monoisotopic (exact) mass is 256 g/mol. The fraction of sp³-hybridized carbons (Fsp3) is 0.846. The van der Waals surface area contributed by atoms with E-state index in [1.165, 1.54) is 0 Å². The van der Waals surface area contributed by atoms with Crippen molar-refractivity contribution in [2.75, 3.05) is 6.54 Å². The number of carboxylic acid groups (broad SMARTS) is 1. The lowest BCUT2D eigenvalue weighted by molar-refractivity contribution is -0.144. The maximum atomic E-state index is 12.1. The van der Waals surface area contributed by atoms with E-state index in [1.54, 1.807) is 0 Å². The molecule has 1 rings (SSSR count). The number of nitrogens with one attached hydrogen (secondary N) is 2. The Morgan fingerprint density at radius 2 is 2.17 bits per heavy atom. The van der Waals surface area contributed by atoms with Crippen molar-refractivity contribution in [3.63, 3.8) is 0 Å². The summed E-state index contributed by atoms with van der Waals surface area (Å²) < 4.78 is 0. The van der Waals surface area contributed by atoms with E-state index in [1.807, 2.05) is 20.8 Å². The molecule has 1 aliphatic heterocycles. The molecule has 1 fully saturated rings. The highest BCUT2D eigenvalue weighted by molar-refractivity contribution is 5.87. The highest BCUT2D eigenvalue weighted by Gasteiger charge is 2.32. The summed E-state index contributed by atoms with van der Waals surface area (Å²) >= 11 is 0. The Kier molecular flexibility index (Phi) is 5.59. The molecule has 104 valence electrons. The zero-order chi connectivity index (χ0) is 13.7. The molecule has 0 bridgehead atoms. The first-order valence-corrected chi connectivity index (χ1v) is 6.74. The van der Waals surface area contributed by atoms with Crippen molar-refractivity contribution < 1.29 is 14.7 Å². The van der Waals surface area contributed by atoms with Crippen LogP contribution in [0.4, 0.5) is 0 Å². The molecular formula is C13H24N2O3. The molecule has 18 heavy (non-hydrogen) atoms. The zero-order valence-electron chi connectivity index (χ0n) is 11.4. The molecule has 0 saturated carbocycles. The van der Waals surface area contributed by atoms with Crippen LogP contribution in [0.15, 0.2) is 0 Å². The Hall–Kier alpha value is -1.10. The fourth-order valence-corrected chi connectivity index (χ4v) is 2.33. The smallest absolute Gasteiger partial charge is 0.326 e. The molecule has 1 amide bonds.